The van der Waals surface area contributed by atoms with Crippen molar-refractivity contribution in [2.24, 2.45) is 0 Å². The number of hydrogen-bond donors (Lipinski definition) is 2. The number of unbranched alkanes of at least 4 members (excludes halogenated alkanes) is 4. The number of rotatable bonds is 23. The molecule has 0 radical (unpaired) electrons. The number of nitrogens with zero attached hydrogens (tertiary/aromatic N) is 2. The average molecular weight is 708 g/mol. The first kappa shape index (κ1) is 43.4. The van der Waals surface area contributed by atoms with Crippen LogP contribution in [0.5, 0.6) is 5.75 Å². The van der Waals surface area contributed by atoms with Gasteiger partial charge in [-0.3, -0.25) is 0 Å². The fourth-order valence-electron chi connectivity index (χ4n) is 6.59. The Balaban J connectivity index is 0.00000576. The number of fused-ring (bicyclic) bond motifs is 3. The minimum atomic E-state index is -0.988. The van der Waals surface area contributed by atoms with E-state index in [0.717, 1.165) is 123 Å². The zero-order valence-electron chi connectivity index (χ0n) is 29.9. The fraction of sp³-hybridized carbons (Fsp3) is 0.590. The largest absolute Gasteiger partial charge is 0.496 e. The van der Waals surface area contributed by atoms with Crippen molar-refractivity contribution in [3.63, 3.8) is 0 Å². The molecule has 2 N–H and O–H groups in total. The molecule has 0 aliphatic heterocycles. The molecule has 0 saturated carbocycles. The summed E-state index contributed by atoms with van der Waals surface area (Å²) in [6, 6.07) is 9.14. The number of methoxy groups -OCH3 is 1. The lowest BCUT2D eigenvalue weighted by atomic mass is 9.87. The standard InChI is InChI=1S/C39H58N2O5.2ClH/c1-6-10-20-40(21-11-7-2)24-14-16-29-26-33-31-19-18-30(38(42)43)27-35(31)36(46-5)28-34(33)32(37(29)39(44)45)17-15-25-41(22-12-8-3)23-13-9-4;;/h18-19,26-28H,6-17,20-25H2,1-5H3,(H,42,43)(H,44,45);2*1H. The maximum atomic E-state index is 13.1. The van der Waals surface area contributed by atoms with Gasteiger partial charge in [-0.1, -0.05) is 59.4 Å². The predicted molar refractivity (Wildman–Crippen MR) is 206 cm³/mol. The summed E-state index contributed by atoms with van der Waals surface area (Å²) in [5.41, 5.74) is 2.36. The number of aromatic carboxylic acids is 2. The molecule has 3 aromatic rings. The van der Waals surface area contributed by atoms with Crippen LogP contribution in [0, 0.1) is 0 Å². The van der Waals surface area contributed by atoms with Crippen LogP contribution in [0.3, 0.4) is 0 Å². The number of ether oxygens (including phenoxy) is 1. The molecule has 0 unspecified atom stereocenters. The molecule has 270 valence electrons. The highest BCUT2D eigenvalue weighted by molar-refractivity contribution is 6.14. The Bertz CT molecular complexity index is 1420. The second-order valence-corrected chi connectivity index (χ2v) is 12.7. The van der Waals surface area contributed by atoms with Gasteiger partial charge < -0.3 is 24.7 Å². The third kappa shape index (κ3) is 12.1. The van der Waals surface area contributed by atoms with Crippen LogP contribution in [0.15, 0.2) is 30.3 Å². The van der Waals surface area contributed by atoms with Gasteiger partial charge in [-0.2, -0.15) is 0 Å². The number of hydrogen-bond acceptors (Lipinski definition) is 5. The van der Waals surface area contributed by atoms with E-state index in [-0.39, 0.29) is 30.4 Å². The van der Waals surface area contributed by atoms with Gasteiger partial charge in [0.2, 0.25) is 0 Å². The summed E-state index contributed by atoms with van der Waals surface area (Å²) in [5, 5.41) is 23.9. The van der Waals surface area contributed by atoms with Gasteiger partial charge in [0.1, 0.15) is 5.75 Å². The lowest BCUT2D eigenvalue weighted by molar-refractivity contribution is 0.0684. The lowest BCUT2D eigenvalue weighted by Crippen LogP contribution is -2.28. The van der Waals surface area contributed by atoms with E-state index < -0.39 is 11.9 Å². The fourth-order valence-corrected chi connectivity index (χ4v) is 6.59. The SMILES string of the molecule is CCCCN(CCCC)CCCc1cc2c(cc(OC)c3cc(C(=O)O)ccc32)c(CCCN(CCCC)CCCC)c1C(=O)O.Cl.Cl. The first-order chi connectivity index (χ1) is 22.3. The molecule has 0 bridgehead atoms. The van der Waals surface area contributed by atoms with E-state index in [0.29, 0.717) is 24.2 Å². The van der Waals surface area contributed by atoms with Crippen LogP contribution in [-0.2, 0) is 12.8 Å². The zero-order chi connectivity index (χ0) is 33.5. The molecular weight excluding hydrogens is 647 g/mol. The molecule has 0 heterocycles. The number of carboxylic acids is 2. The third-order valence-electron chi connectivity index (χ3n) is 9.22. The van der Waals surface area contributed by atoms with E-state index in [4.69, 9.17) is 4.74 Å². The monoisotopic (exact) mass is 706 g/mol. The highest BCUT2D eigenvalue weighted by Crippen LogP contribution is 2.39. The van der Waals surface area contributed by atoms with Crippen LogP contribution < -0.4 is 4.74 Å². The van der Waals surface area contributed by atoms with Crippen molar-refractivity contribution < 1.29 is 24.5 Å². The molecule has 9 heteroatoms. The van der Waals surface area contributed by atoms with Crippen LogP contribution in [0.1, 0.15) is 124 Å². The molecule has 48 heavy (non-hydrogen) atoms. The third-order valence-corrected chi connectivity index (χ3v) is 9.22. The van der Waals surface area contributed by atoms with E-state index >= 15 is 0 Å². The summed E-state index contributed by atoms with van der Waals surface area (Å²) in [5.74, 6) is -1.31. The molecule has 0 spiro atoms. The van der Waals surface area contributed by atoms with Crippen molar-refractivity contribution in [2.45, 2.75) is 105 Å². The van der Waals surface area contributed by atoms with E-state index in [1.807, 2.05) is 12.1 Å². The van der Waals surface area contributed by atoms with Crippen LogP contribution in [0.4, 0.5) is 0 Å². The average Bonchev–Trinajstić information content (AvgIpc) is 3.05. The first-order valence-corrected chi connectivity index (χ1v) is 17.8. The van der Waals surface area contributed by atoms with Gasteiger partial charge in [0.05, 0.1) is 18.2 Å². The van der Waals surface area contributed by atoms with Crippen molar-refractivity contribution in [1.82, 2.24) is 9.80 Å². The summed E-state index contributed by atoms with van der Waals surface area (Å²) in [7, 11) is 1.59. The van der Waals surface area contributed by atoms with E-state index in [1.165, 1.54) is 12.8 Å². The summed E-state index contributed by atoms with van der Waals surface area (Å²) in [4.78, 5) is 30.0. The Morgan fingerprint density at radius 3 is 1.56 bits per heavy atom. The molecule has 0 saturated heterocycles. The molecule has 3 rings (SSSR count). The quantitative estimate of drug-likeness (QED) is 0.0949. The van der Waals surface area contributed by atoms with Gasteiger partial charge in [-0.15, -0.1) is 24.8 Å². The summed E-state index contributed by atoms with van der Waals surface area (Å²) < 4.78 is 5.79. The van der Waals surface area contributed by atoms with Crippen molar-refractivity contribution in [2.75, 3.05) is 46.4 Å². The number of carboxylic acid groups (broad SMARTS) is 2. The minimum Gasteiger partial charge on any atom is -0.496 e. The Kier molecular flexibility index (Phi) is 20.8. The first-order valence-electron chi connectivity index (χ1n) is 17.8. The maximum absolute atomic E-state index is 13.1. The Morgan fingerprint density at radius 2 is 1.10 bits per heavy atom. The molecule has 0 aromatic heterocycles. The van der Waals surface area contributed by atoms with E-state index in [1.54, 1.807) is 19.2 Å². The molecule has 7 nitrogen and oxygen atoms in total. The molecule has 0 amide bonds. The molecule has 0 atom stereocenters. The van der Waals surface area contributed by atoms with Crippen LogP contribution in [0.25, 0.3) is 21.5 Å². The van der Waals surface area contributed by atoms with Crippen LogP contribution in [-0.4, -0.2) is 78.3 Å². The van der Waals surface area contributed by atoms with Gasteiger partial charge in [0.25, 0.3) is 0 Å². The number of benzene rings is 3. The van der Waals surface area contributed by atoms with E-state index in [9.17, 15) is 19.8 Å². The highest BCUT2D eigenvalue weighted by Gasteiger charge is 2.22. The zero-order valence-corrected chi connectivity index (χ0v) is 31.6. The van der Waals surface area contributed by atoms with Gasteiger partial charge in [-0.25, -0.2) is 9.59 Å². The van der Waals surface area contributed by atoms with E-state index in [2.05, 4.69) is 43.6 Å². The summed E-state index contributed by atoms with van der Waals surface area (Å²) >= 11 is 0. The van der Waals surface area contributed by atoms with Gasteiger partial charge in [-0.05, 0) is 142 Å². The van der Waals surface area contributed by atoms with Crippen LogP contribution in [0.2, 0.25) is 0 Å². The molecule has 3 aromatic carbocycles. The second-order valence-electron chi connectivity index (χ2n) is 12.7. The van der Waals surface area contributed by atoms with Crippen molar-refractivity contribution in [1.29, 1.82) is 0 Å². The van der Waals surface area contributed by atoms with Gasteiger partial charge in [0.15, 0.2) is 0 Å². The summed E-state index contributed by atoms with van der Waals surface area (Å²) in [6.07, 6.45) is 12.4. The van der Waals surface area contributed by atoms with Gasteiger partial charge >= 0.3 is 11.9 Å². The van der Waals surface area contributed by atoms with Crippen molar-refractivity contribution in [3.05, 3.63) is 52.6 Å². The van der Waals surface area contributed by atoms with Gasteiger partial charge in [0, 0.05) is 5.39 Å². The topological polar surface area (TPSA) is 90.3 Å². The second kappa shape index (κ2) is 22.9. The predicted octanol–water partition coefficient (Wildman–Crippen LogP) is 9.91. The number of halogens is 2. The van der Waals surface area contributed by atoms with Crippen molar-refractivity contribution in [3.8, 4) is 5.75 Å². The number of carbonyl (C=O) groups is 2. The highest BCUT2D eigenvalue weighted by atomic mass is 35.5. The molecule has 0 aliphatic rings. The van der Waals surface area contributed by atoms with Crippen LogP contribution >= 0.6 is 24.8 Å². The minimum absolute atomic E-state index is 0. The lowest BCUT2D eigenvalue weighted by Gasteiger charge is -2.24. The Morgan fingerprint density at radius 1 is 0.604 bits per heavy atom. The Hall–Kier alpha value is -2.58. The smallest absolute Gasteiger partial charge is 0.336 e. The molecular formula is C39H60Cl2N2O5. The van der Waals surface area contributed by atoms with Crippen molar-refractivity contribution >= 4 is 58.3 Å². The summed E-state index contributed by atoms with van der Waals surface area (Å²) in [6.45, 7) is 15.1. The normalized spacial score (nSPS) is 11.2. The molecule has 0 aliphatic carbocycles. The maximum Gasteiger partial charge on any atom is 0.336 e. The Labute approximate surface area is 301 Å². The molecule has 0 fully saturated rings. The number of aryl methyl sites for hydroxylation is 2.